The summed E-state index contributed by atoms with van der Waals surface area (Å²) in [7, 11) is 0. The topological polar surface area (TPSA) is 88.1 Å². The molecule has 7 nitrogen and oxygen atoms in total. The van der Waals surface area contributed by atoms with Crippen molar-refractivity contribution in [1.29, 1.82) is 0 Å². The third-order valence-corrected chi connectivity index (χ3v) is 7.58. The summed E-state index contributed by atoms with van der Waals surface area (Å²) in [6, 6.07) is 19.1. The van der Waals surface area contributed by atoms with Crippen molar-refractivity contribution in [2.75, 3.05) is 37.8 Å². The molecule has 5 rings (SSSR count). The summed E-state index contributed by atoms with van der Waals surface area (Å²) in [6.07, 6.45) is -0.552. The Hall–Kier alpha value is -3.84. The van der Waals surface area contributed by atoms with E-state index in [9.17, 15) is 14.7 Å². The van der Waals surface area contributed by atoms with Crippen LogP contribution < -0.4 is 10.2 Å². The van der Waals surface area contributed by atoms with E-state index < -0.39 is 18.1 Å². The molecule has 0 bridgehead atoms. The van der Waals surface area contributed by atoms with Gasteiger partial charge in [-0.1, -0.05) is 54.6 Å². The van der Waals surface area contributed by atoms with Crippen molar-refractivity contribution in [3.05, 3.63) is 88.5 Å². The first kappa shape index (κ1) is 24.8. The van der Waals surface area contributed by atoms with E-state index in [4.69, 9.17) is 9.47 Å². The molecule has 0 radical (unpaired) electrons. The maximum Gasteiger partial charge on any atom is 0.407 e. The molecule has 0 spiro atoms. The Balaban J connectivity index is 1.25. The minimum absolute atomic E-state index is 0.0842. The maximum absolute atomic E-state index is 12.7. The van der Waals surface area contributed by atoms with E-state index in [1.165, 1.54) is 0 Å². The van der Waals surface area contributed by atoms with Gasteiger partial charge in [-0.3, -0.25) is 0 Å². The lowest BCUT2D eigenvalue weighted by Crippen LogP contribution is -2.43. The van der Waals surface area contributed by atoms with Crippen molar-refractivity contribution in [1.82, 2.24) is 5.32 Å². The Kier molecular flexibility index (Phi) is 7.15. The molecule has 3 aromatic rings. The van der Waals surface area contributed by atoms with Gasteiger partial charge in [0.1, 0.15) is 12.6 Å². The number of carbonyl (C=O) groups excluding carboxylic acids is 1. The Morgan fingerprint density at radius 2 is 1.59 bits per heavy atom. The Morgan fingerprint density at radius 1 is 0.973 bits per heavy atom. The number of anilines is 1. The van der Waals surface area contributed by atoms with Crippen molar-refractivity contribution in [2.45, 2.75) is 32.2 Å². The lowest BCUT2D eigenvalue weighted by Gasteiger charge is -2.31. The summed E-state index contributed by atoms with van der Waals surface area (Å²) < 4.78 is 11.0. The van der Waals surface area contributed by atoms with Gasteiger partial charge in [-0.05, 0) is 58.9 Å². The first-order chi connectivity index (χ1) is 17.9. The molecule has 1 amide bonds. The standard InChI is InChI=1S/C30H32N2O5/c1-19-20(2)28(32-13-15-36-16-14-32)12-11-21(19)17-27(29(33)34)31-30(35)37-18-26-24-9-5-3-7-22(24)23-8-4-6-10-25(23)26/h3-12,26-27H,13-18H2,1-2H3,(H,31,35)(H,33,34). The zero-order valence-corrected chi connectivity index (χ0v) is 21.2. The molecule has 7 heteroatoms. The number of hydrogen-bond donors (Lipinski definition) is 2. The molecular formula is C30H32N2O5. The van der Waals surface area contributed by atoms with Crippen molar-refractivity contribution >= 4 is 17.7 Å². The van der Waals surface area contributed by atoms with Crippen LogP contribution in [0.25, 0.3) is 11.1 Å². The van der Waals surface area contributed by atoms with Crippen LogP contribution in [0.3, 0.4) is 0 Å². The van der Waals surface area contributed by atoms with Gasteiger partial charge in [-0.15, -0.1) is 0 Å². The average molecular weight is 501 g/mol. The van der Waals surface area contributed by atoms with E-state index >= 15 is 0 Å². The van der Waals surface area contributed by atoms with Crippen LogP contribution in [0.4, 0.5) is 10.5 Å². The zero-order valence-electron chi connectivity index (χ0n) is 21.2. The zero-order chi connectivity index (χ0) is 25.9. The highest BCUT2D eigenvalue weighted by atomic mass is 16.5. The van der Waals surface area contributed by atoms with Crippen LogP contribution in [0.2, 0.25) is 0 Å². The Morgan fingerprint density at radius 3 is 2.22 bits per heavy atom. The molecule has 192 valence electrons. The maximum atomic E-state index is 12.7. The van der Waals surface area contributed by atoms with Crippen LogP contribution in [0.5, 0.6) is 0 Å². The molecular weight excluding hydrogens is 468 g/mol. The number of nitrogens with zero attached hydrogens (tertiary/aromatic N) is 1. The lowest BCUT2D eigenvalue weighted by atomic mass is 9.95. The molecule has 1 aliphatic heterocycles. The third kappa shape index (κ3) is 5.04. The molecule has 37 heavy (non-hydrogen) atoms. The Bertz CT molecular complexity index is 1270. The van der Waals surface area contributed by atoms with Gasteiger partial charge in [0.15, 0.2) is 0 Å². The van der Waals surface area contributed by atoms with Crippen LogP contribution in [-0.2, 0) is 20.7 Å². The van der Waals surface area contributed by atoms with Crippen LogP contribution in [0.1, 0.15) is 33.7 Å². The molecule has 0 aromatic heterocycles. The molecule has 3 aromatic carbocycles. The van der Waals surface area contributed by atoms with E-state index in [0.717, 1.165) is 57.7 Å². The largest absolute Gasteiger partial charge is 0.480 e. The SMILES string of the molecule is Cc1c(CC(NC(=O)OCC2c3ccccc3-c3ccccc32)C(=O)O)ccc(N2CCOCC2)c1C. The second-order valence-electron chi connectivity index (χ2n) is 9.66. The fourth-order valence-electron chi connectivity index (χ4n) is 5.43. The quantitative estimate of drug-likeness (QED) is 0.490. The number of hydrogen-bond acceptors (Lipinski definition) is 5. The molecule has 0 saturated carbocycles. The number of aliphatic carboxylic acids is 1. The smallest absolute Gasteiger partial charge is 0.407 e. The summed E-state index contributed by atoms with van der Waals surface area (Å²) in [5, 5.41) is 12.4. The van der Waals surface area contributed by atoms with Crippen molar-refractivity contribution in [3.63, 3.8) is 0 Å². The van der Waals surface area contributed by atoms with Crippen molar-refractivity contribution in [3.8, 4) is 11.1 Å². The first-order valence-corrected chi connectivity index (χ1v) is 12.7. The predicted octanol–water partition coefficient (Wildman–Crippen LogP) is 4.67. The van der Waals surface area contributed by atoms with Crippen LogP contribution in [0, 0.1) is 13.8 Å². The summed E-state index contributed by atoms with van der Waals surface area (Å²) in [6.45, 7) is 7.26. The number of rotatable bonds is 7. The van der Waals surface area contributed by atoms with Gasteiger partial charge >= 0.3 is 12.1 Å². The number of amides is 1. The van der Waals surface area contributed by atoms with Crippen molar-refractivity contribution in [2.24, 2.45) is 0 Å². The fourth-order valence-corrected chi connectivity index (χ4v) is 5.43. The van der Waals surface area contributed by atoms with Gasteiger partial charge < -0.3 is 24.8 Å². The summed E-state index contributed by atoms with van der Waals surface area (Å²) in [4.78, 5) is 27.1. The van der Waals surface area contributed by atoms with Gasteiger partial charge in [0.25, 0.3) is 0 Å². The molecule has 1 unspecified atom stereocenters. The fraction of sp³-hybridized carbons (Fsp3) is 0.333. The van der Waals surface area contributed by atoms with Gasteiger partial charge in [-0.2, -0.15) is 0 Å². The predicted molar refractivity (Wildman–Crippen MR) is 142 cm³/mol. The minimum Gasteiger partial charge on any atom is -0.480 e. The van der Waals surface area contributed by atoms with Gasteiger partial charge in [0.2, 0.25) is 0 Å². The van der Waals surface area contributed by atoms with Gasteiger partial charge in [0.05, 0.1) is 13.2 Å². The lowest BCUT2D eigenvalue weighted by molar-refractivity contribution is -0.139. The minimum atomic E-state index is -1.09. The second-order valence-corrected chi connectivity index (χ2v) is 9.66. The van der Waals surface area contributed by atoms with Gasteiger partial charge in [0, 0.05) is 31.1 Å². The highest BCUT2D eigenvalue weighted by Gasteiger charge is 2.30. The van der Waals surface area contributed by atoms with E-state index in [1.807, 2.05) is 55.5 Å². The second kappa shape index (κ2) is 10.6. The molecule has 1 fully saturated rings. The van der Waals surface area contributed by atoms with E-state index in [2.05, 4.69) is 29.3 Å². The third-order valence-electron chi connectivity index (χ3n) is 7.58. The first-order valence-electron chi connectivity index (χ1n) is 12.7. The van der Waals surface area contributed by atoms with E-state index in [1.54, 1.807) is 0 Å². The van der Waals surface area contributed by atoms with Gasteiger partial charge in [-0.25, -0.2) is 9.59 Å². The highest BCUT2D eigenvalue weighted by molar-refractivity contribution is 5.81. The van der Waals surface area contributed by atoms with E-state index in [-0.39, 0.29) is 18.9 Å². The summed E-state index contributed by atoms with van der Waals surface area (Å²) >= 11 is 0. The summed E-state index contributed by atoms with van der Waals surface area (Å²) in [5.41, 5.74) is 8.68. The number of fused-ring (bicyclic) bond motifs is 3. The number of ether oxygens (including phenoxy) is 2. The Labute approximate surface area is 217 Å². The number of nitrogens with one attached hydrogen (secondary N) is 1. The number of carboxylic acids is 1. The highest BCUT2D eigenvalue weighted by Crippen LogP contribution is 2.44. The van der Waals surface area contributed by atoms with Crippen LogP contribution in [0.15, 0.2) is 60.7 Å². The molecule has 1 saturated heterocycles. The van der Waals surface area contributed by atoms with Crippen LogP contribution >= 0.6 is 0 Å². The number of carbonyl (C=O) groups is 2. The van der Waals surface area contributed by atoms with E-state index in [0.29, 0.717) is 13.2 Å². The number of alkyl carbamates (subject to hydrolysis) is 1. The molecule has 1 heterocycles. The average Bonchev–Trinajstić information content (AvgIpc) is 3.24. The summed E-state index contributed by atoms with van der Waals surface area (Å²) in [5.74, 6) is -1.18. The monoisotopic (exact) mass is 500 g/mol. The van der Waals surface area contributed by atoms with Crippen molar-refractivity contribution < 1.29 is 24.2 Å². The number of benzene rings is 3. The molecule has 2 N–H and O–H groups in total. The number of carboxylic acid groups (broad SMARTS) is 1. The number of morpholine rings is 1. The molecule has 1 atom stereocenters. The molecule has 2 aliphatic rings. The van der Waals surface area contributed by atoms with Crippen LogP contribution in [-0.4, -0.2) is 56.1 Å². The normalized spacial score (nSPS) is 15.6. The molecule has 1 aliphatic carbocycles.